The third kappa shape index (κ3) is 2.47. The van der Waals surface area contributed by atoms with Crippen LogP contribution in [0.4, 0.5) is 0 Å². The lowest BCUT2D eigenvalue weighted by Gasteiger charge is -2.27. The topological polar surface area (TPSA) is 75.3 Å². The fraction of sp³-hybridized carbons (Fsp3) is 0.312. The van der Waals surface area contributed by atoms with E-state index in [9.17, 15) is 9.59 Å². The molecule has 0 aliphatic carbocycles. The van der Waals surface area contributed by atoms with Gasteiger partial charge in [0.1, 0.15) is 0 Å². The Bertz CT molecular complexity index is 736. The first kappa shape index (κ1) is 14.3. The Morgan fingerprint density at radius 3 is 2.91 bits per heavy atom. The van der Waals surface area contributed by atoms with Crippen LogP contribution >= 0.6 is 0 Å². The highest BCUT2D eigenvalue weighted by Gasteiger charge is 2.28. The molecule has 1 N–H and O–H groups in total. The van der Waals surface area contributed by atoms with Gasteiger partial charge in [0.05, 0.1) is 19.3 Å². The lowest BCUT2D eigenvalue weighted by Crippen LogP contribution is -2.36. The third-order valence-corrected chi connectivity index (χ3v) is 3.86. The Morgan fingerprint density at radius 2 is 2.18 bits per heavy atom. The molecular formula is C16H17N3O3. The number of ether oxygens (including phenoxy) is 1. The van der Waals surface area contributed by atoms with Gasteiger partial charge in [-0.25, -0.2) is 4.79 Å². The van der Waals surface area contributed by atoms with Gasteiger partial charge in [-0.1, -0.05) is 17.7 Å². The van der Waals surface area contributed by atoms with Crippen molar-refractivity contribution in [2.75, 3.05) is 13.7 Å². The number of nitrogens with zero attached hydrogens (tertiary/aromatic N) is 2. The summed E-state index contributed by atoms with van der Waals surface area (Å²) in [7, 11) is 1.33. The number of rotatable bonds is 2. The van der Waals surface area contributed by atoms with Gasteiger partial charge < -0.3 is 9.64 Å². The summed E-state index contributed by atoms with van der Waals surface area (Å²) >= 11 is 0. The summed E-state index contributed by atoms with van der Waals surface area (Å²) in [5.41, 5.74) is 3.70. The van der Waals surface area contributed by atoms with E-state index >= 15 is 0 Å². The van der Waals surface area contributed by atoms with Crippen LogP contribution in [0.2, 0.25) is 0 Å². The minimum absolute atomic E-state index is 0.0106. The Balaban J connectivity index is 1.81. The standard InChI is InChI=1S/C16H17N3O3/c1-10-4-3-5-11(8-10)15(20)19-7-6-12-13(9-19)17-18-14(12)16(21)22-2/h3-5,8H,6-7,9H2,1-2H3,(H,17,18). The van der Waals surface area contributed by atoms with E-state index in [1.54, 1.807) is 4.90 Å². The number of esters is 1. The van der Waals surface area contributed by atoms with Crippen LogP contribution in [0.15, 0.2) is 24.3 Å². The second-order valence-electron chi connectivity index (χ2n) is 5.37. The molecule has 2 aromatic rings. The number of methoxy groups -OCH3 is 1. The van der Waals surface area contributed by atoms with Crippen LogP contribution in [0, 0.1) is 6.92 Å². The Labute approximate surface area is 128 Å². The molecular weight excluding hydrogens is 282 g/mol. The number of aromatic nitrogens is 2. The first-order valence-electron chi connectivity index (χ1n) is 7.10. The van der Waals surface area contributed by atoms with Crippen LogP contribution in [0.1, 0.15) is 37.7 Å². The summed E-state index contributed by atoms with van der Waals surface area (Å²) in [5.74, 6) is -0.459. The average molecular weight is 299 g/mol. The van der Waals surface area contributed by atoms with Gasteiger partial charge in [0.2, 0.25) is 0 Å². The molecule has 0 radical (unpaired) electrons. The number of fused-ring (bicyclic) bond motifs is 1. The maximum atomic E-state index is 12.6. The number of H-pyrrole nitrogens is 1. The van der Waals surface area contributed by atoms with Crippen molar-refractivity contribution >= 4 is 11.9 Å². The molecule has 1 aromatic heterocycles. The van der Waals surface area contributed by atoms with Crippen LogP contribution in [0.3, 0.4) is 0 Å². The SMILES string of the molecule is COC(=O)c1n[nH]c2c1CCN(C(=O)c1cccc(C)c1)C2. The molecule has 6 heteroatoms. The summed E-state index contributed by atoms with van der Waals surface area (Å²) < 4.78 is 4.72. The molecule has 1 aliphatic heterocycles. The number of benzene rings is 1. The zero-order valence-electron chi connectivity index (χ0n) is 12.5. The fourth-order valence-electron chi connectivity index (χ4n) is 2.72. The van der Waals surface area contributed by atoms with Crippen molar-refractivity contribution in [3.8, 4) is 0 Å². The second-order valence-corrected chi connectivity index (χ2v) is 5.37. The number of carbonyl (C=O) groups is 2. The number of hydrogen-bond acceptors (Lipinski definition) is 4. The predicted molar refractivity (Wildman–Crippen MR) is 79.6 cm³/mol. The van der Waals surface area contributed by atoms with Gasteiger partial charge >= 0.3 is 5.97 Å². The molecule has 1 amide bonds. The monoisotopic (exact) mass is 299 g/mol. The number of aryl methyl sites for hydroxylation is 1. The van der Waals surface area contributed by atoms with Gasteiger partial charge in [0.25, 0.3) is 5.91 Å². The van der Waals surface area contributed by atoms with E-state index < -0.39 is 5.97 Å². The van der Waals surface area contributed by atoms with E-state index in [1.165, 1.54) is 7.11 Å². The van der Waals surface area contributed by atoms with Crippen molar-refractivity contribution in [2.45, 2.75) is 19.9 Å². The molecule has 0 atom stereocenters. The van der Waals surface area contributed by atoms with Crippen molar-refractivity contribution in [2.24, 2.45) is 0 Å². The molecule has 0 bridgehead atoms. The Morgan fingerprint density at radius 1 is 1.36 bits per heavy atom. The van der Waals surface area contributed by atoms with Crippen LogP contribution in [-0.2, 0) is 17.7 Å². The van der Waals surface area contributed by atoms with Crippen LogP contribution in [-0.4, -0.2) is 40.6 Å². The van der Waals surface area contributed by atoms with E-state index in [0.717, 1.165) is 16.8 Å². The van der Waals surface area contributed by atoms with Crippen LogP contribution in [0.5, 0.6) is 0 Å². The van der Waals surface area contributed by atoms with Crippen molar-refractivity contribution < 1.29 is 14.3 Å². The highest BCUT2D eigenvalue weighted by Crippen LogP contribution is 2.22. The molecule has 0 saturated carbocycles. The highest BCUT2D eigenvalue weighted by atomic mass is 16.5. The van der Waals surface area contributed by atoms with E-state index in [-0.39, 0.29) is 5.91 Å². The molecule has 0 unspecified atom stereocenters. The van der Waals surface area contributed by atoms with Gasteiger partial charge in [0.15, 0.2) is 5.69 Å². The van der Waals surface area contributed by atoms with Gasteiger partial charge in [-0.05, 0) is 25.5 Å². The summed E-state index contributed by atoms with van der Waals surface area (Å²) in [5, 5.41) is 6.86. The minimum Gasteiger partial charge on any atom is -0.464 e. The van der Waals surface area contributed by atoms with Crippen molar-refractivity contribution in [1.82, 2.24) is 15.1 Å². The molecule has 1 aromatic carbocycles. The molecule has 114 valence electrons. The van der Waals surface area contributed by atoms with E-state index in [0.29, 0.717) is 30.8 Å². The number of hydrogen-bond donors (Lipinski definition) is 1. The smallest absolute Gasteiger partial charge is 0.358 e. The molecule has 0 spiro atoms. The zero-order chi connectivity index (χ0) is 15.7. The fourth-order valence-corrected chi connectivity index (χ4v) is 2.72. The van der Waals surface area contributed by atoms with Crippen LogP contribution in [0.25, 0.3) is 0 Å². The summed E-state index contributed by atoms with van der Waals surface area (Å²) in [4.78, 5) is 26.0. The first-order valence-corrected chi connectivity index (χ1v) is 7.10. The summed E-state index contributed by atoms with van der Waals surface area (Å²) in [6.07, 6.45) is 0.591. The summed E-state index contributed by atoms with van der Waals surface area (Å²) in [6, 6.07) is 7.54. The molecule has 1 aliphatic rings. The maximum Gasteiger partial charge on any atom is 0.358 e. The number of aromatic amines is 1. The average Bonchev–Trinajstić information content (AvgIpc) is 2.96. The van der Waals surface area contributed by atoms with Crippen LogP contribution < -0.4 is 0 Å². The predicted octanol–water partition coefficient (Wildman–Crippen LogP) is 1.70. The zero-order valence-corrected chi connectivity index (χ0v) is 12.5. The second kappa shape index (κ2) is 5.63. The van der Waals surface area contributed by atoms with Crippen molar-refractivity contribution in [1.29, 1.82) is 0 Å². The van der Waals surface area contributed by atoms with Crippen molar-refractivity contribution in [3.05, 3.63) is 52.3 Å². The lowest BCUT2D eigenvalue weighted by atomic mass is 10.0. The van der Waals surface area contributed by atoms with Gasteiger partial charge in [-0.3, -0.25) is 9.89 Å². The quantitative estimate of drug-likeness (QED) is 0.856. The highest BCUT2D eigenvalue weighted by molar-refractivity contribution is 5.95. The molecule has 22 heavy (non-hydrogen) atoms. The van der Waals surface area contributed by atoms with Gasteiger partial charge in [-0.2, -0.15) is 5.10 Å². The normalized spacial score (nSPS) is 13.6. The van der Waals surface area contributed by atoms with Crippen molar-refractivity contribution in [3.63, 3.8) is 0 Å². The van der Waals surface area contributed by atoms with E-state index in [1.807, 2.05) is 31.2 Å². The molecule has 0 saturated heterocycles. The number of amides is 1. The van der Waals surface area contributed by atoms with E-state index in [4.69, 9.17) is 4.74 Å². The Hall–Kier alpha value is -2.63. The minimum atomic E-state index is -0.448. The maximum absolute atomic E-state index is 12.6. The van der Waals surface area contributed by atoms with Gasteiger partial charge in [-0.15, -0.1) is 0 Å². The first-order chi connectivity index (χ1) is 10.6. The van der Waals surface area contributed by atoms with E-state index in [2.05, 4.69) is 10.2 Å². The third-order valence-electron chi connectivity index (χ3n) is 3.86. The molecule has 6 nitrogen and oxygen atoms in total. The Kier molecular flexibility index (Phi) is 3.66. The number of carbonyl (C=O) groups excluding carboxylic acids is 2. The molecule has 3 rings (SSSR count). The number of nitrogens with one attached hydrogen (secondary N) is 1. The lowest BCUT2D eigenvalue weighted by molar-refractivity contribution is 0.0592. The summed E-state index contributed by atoms with van der Waals surface area (Å²) in [6.45, 7) is 2.94. The van der Waals surface area contributed by atoms with Gasteiger partial charge in [0, 0.05) is 17.7 Å². The largest absolute Gasteiger partial charge is 0.464 e. The molecule has 2 heterocycles. The molecule has 0 fully saturated rings.